The molecule has 1 aromatic carbocycles. The molecule has 2 aliphatic heterocycles. The summed E-state index contributed by atoms with van der Waals surface area (Å²) >= 11 is 6.25. The largest absolute Gasteiger partial charge is 0.390 e. The standard InChI is InChI=1S/C23H27ClN8O/c24-14-5-6-19-20(9-14)27-23(29-22(19)28-21-12-16(13-33)30-31-21)26-15-10-17-3-1-4-18(11-15)32(17)8-2-7-25/h5-6,9,12,15,17-18,33H,1-4,8,10-11,13H2,(H3,26,27,28,29,30,31)/t15-,17-,18+. The minimum atomic E-state index is -0.114. The van der Waals surface area contributed by atoms with Crippen molar-refractivity contribution in [3.05, 3.63) is 35.0 Å². The van der Waals surface area contributed by atoms with Crippen molar-refractivity contribution >= 4 is 40.1 Å². The first-order chi connectivity index (χ1) is 16.1. The summed E-state index contributed by atoms with van der Waals surface area (Å²) in [5.41, 5.74) is 1.36. The zero-order valence-corrected chi connectivity index (χ0v) is 19.0. The lowest BCUT2D eigenvalue weighted by molar-refractivity contribution is 0.0369. The normalized spacial score (nSPS) is 22.8. The third kappa shape index (κ3) is 4.74. The van der Waals surface area contributed by atoms with E-state index in [0.29, 0.717) is 46.8 Å². The number of aromatic amines is 1. The van der Waals surface area contributed by atoms with Crippen molar-refractivity contribution in [3.63, 3.8) is 0 Å². The van der Waals surface area contributed by atoms with Crippen LogP contribution in [0.2, 0.25) is 5.02 Å². The molecule has 2 aliphatic rings. The van der Waals surface area contributed by atoms with Gasteiger partial charge in [0, 0.05) is 47.6 Å². The molecule has 0 saturated carbocycles. The summed E-state index contributed by atoms with van der Waals surface area (Å²) in [6.45, 7) is 0.744. The molecule has 33 heavy (non-hydrogen) atoms. The average molecular weight is 467 g/mol. The van der Waals surface area contributed by atoms with Crippen LogP contribution in [0.4, 0.5) is 17.6 Å². The zero-order valence-electron chi connectivity index (χ0n) is 18.3. The van der Waals surface area contributed by atoms with Gasteiger partial charge >= 0.3 is 0 Å². The lowest BCUT2D eigenvalue weighted by Crippen LogP contribution is -2.55. The number of aromatic nitrogens is 4. The van der Waals surface area contributed by atoms with Crippen LogP contribution in [0.3, 0.4) is 0 Å². The molecule has 0 amide bonds. The number of anilines is 3. The number of benzene rings is 1. The van der Waals surface area contributed by atoms with Gasteiger partial charge in [0.1, 0.15) is 5.82 Å². The Hall–Kier alpha value is -2.93. The van der Waals surface area contributed by atoms with E-state index in [1.807, 2.05) is 18.2 Å². The maximum atomic E-state index is 9.31. The van der Waals surface area contributed by atoms with E-state index in [1.165, 1.54) is 19.3 Å². The van der Waals surface area contributed by atoms with Crippen LogP contribution in [0, 0.1) is 11.3 Å². The topological polar surface area (TPSA) is 126 Å². The van der Waals surface area contributed by atoms with Gasteiger partial charge in [-0.2, -0.15) is 15.3 Å². The molecule has 4 N–H and O–H groups in total. The lowest BCUT2D eigenvalue weighted by Gasteiger charge is -2.48. The van der Waals surface area contributed by atoms with Gasteiger partial charge in [-0.05, 0) is 43.9 Å². The van der Waals surface area contributed by atoms with Crippen molar-refractivity contribution < 1.29 is 5.11 Å². The van der Waals surface area contributed by atoms with Gasteiger partial charge < -0.3 is 15.7 Å². The number of aliphatic hydroxyl groups excluding tert-OH is 1. The highest BCUT2D eigenvalue weighted by Crippen LogP contribution is 2.35. The fourth-order valence-corrected chi connectivity index (χ4v) is 5.38. The summed E-state index contributed by atoms with van der Waals surface area (Å²) in [5, 5.41) is 33.6. The Kier molecular flexibility index (Phi) is 6.31. The molecule has 0 spiro atoms. The number of H-pyrrole nitrogens is 1. The molecule has 3 atom stereocenters. The molecule has 5 rings (SSSR count). The van der Waals surface area contributed by atoms with Crippen LogP contribution in [0.25, 0.3) is 10.9 Å². The quantitative estimate of drug-likeness (QED) is 0.412. The maximum Gasteiger partial charge on any atom is 0.225 e. The highest BCUT2D eigenvalue weighted by atomic mass is 35.5. The van der Waals surface area contributed by atoms with Crippen LogP contribution in [0.15, 0.2) is 24.3 Å². The maximum absolute atomic E-state index is 9.31. The van der Waals surface area contributed by atoms with Crippen LogP contribution < -0.4 is 10.6 Å². The van der Waals surface area contributed by atoms with Gasteiger partial charge in [-0.25, -0.2) is 4.98 Å². The third-order valence-electron chi connectivity index (χ3n) is 6.65. The van der Waals surface area contributed by atoms with Crippen LogP contribution in [0.5, 0.6) is 0 Å². The minimum Gasteiger partial charge on any atom is -0.390 e. The summed E-state index contributed by atoms with van der Waals surface area (Å²) in [6, 6.07) is 10.8. The molecule has 10 heteroatoms. The zero-order chi connectivity index (χ0) is 22.8. The van der Waals surface area contributed by atoms with E-state index in [-0.39, 0.29) is 12.6 Å². The second-order valence-corrected chi connectivity index (χ2v) is 9.25. The highest BCUT2D eigenvalue weighted by molar-refractivity contribution is 6.31. The van der Waals surface area contributed by atoms with Gasteiger partial charge in [0.05, 0.1) is 23.9 Å². The third-order valence-corrected chi connectivity index (χ3v) is 6.88. The van der Waals surface area contributed by atoms with Crippen molar-refractivity contribution in [2.75, 3.05) is 17.2 Å². The van der Waals surface area contributed by atoms with Crippen LogP contribution in [-0.2, 0) is 6.61 Å². The number of rotatable bonds is 7. The summed E-state index contributed by atoms with van der Waals surface area (Å²) in [4.78, 5) is 12.0. The first-order valence-corrected chi connectivity index (χ1v) is 11.8. The number of piperidine rings is 2. The second-order valence-electron chi connectivity index (χ2n) is 8.82. The number of hydrogen-bond donors (Lipinski definition) is 4. The van der Waals surface area contributed by atoms with E-state index in [1.54, 1.807) is 6.07 Å². The minimum absolute atomic E-state index is 0.114. The Morgan fingerprint density at radius 1 is 1.21 bits per heavy atom. The Bertz CT molecular complexity index is 1160. The van der Waals surface area contributed by atoms with Gasteiger partial charge in [0.15, 0.2) is 5.82 Å². The molecule has 2 fully saturated rings. The molecule has 2 aromatic heterocycles. The number of hydrogen-bond acceptors (Lipinski definition) is 8. The molecule has 2 bridgehead atoms. The molecule has 3 aromatic rings. The first-order valence-electron chi connectivity index (χ1n) is 11.4. The number of halogens is 1. The number of nitriles is 1. The fraction of sp³-hybridized carbons (Fsp3) is 0.478. The Morgan fingerprint density at radius 2 is 2.03 bits per heavy atom. The predicted molar refractivity (Wildman–Crippen MR) is 127 cm³/mol. The SMILES string of the molecule is N#CCCN1[C@@H]2CCC[C@H]1C[C@H](Nc1nc(Nc3cc(CO)[nH]n3)c3ccc(Cl)cc3n1)C2. The molecule has 4 heterocycles. The van der Waals surface area contributed by atoms with Gasteiger partial charge in [-0.1, -0.05) is 18.0 Å². The van der Waals surface area contributed by atoms with Gasteiger partial charge in [-0.3, -0.25) is 10.00 Å². The molecule has 0 aliphatic carbocycles. The second kappa shape index (κ2) is 9.51. The molecular weight excluding hydrogens is 440 g/mol. The van der Waals surface area contributed by atoms with Crippen molar-refractivity contribution in [2.24, 2.45) is 0 Å². The van der Waals surface area contributed by atoms with Gasteiger partial charge in [0.2, 0.25) is 5.95 Å². The lowest BCUT2D eigenvalue weighted by atomic mass is 9.81. The van der Waals surface area contributed by atoms with Crippen LogP contribution >= 0.6 is 11.6 Å². The van der Waals surface area contributed by atoms with E-state index < -0.39 is 0 Å². The Labute approximate surface area is 197 Å². The predicted octanol–water partition coefficient (Wildman–Crippen LogP) is 3.95. The summed E-state index contributed by atoms with van der Waals surface area (Å²) in [7, 11) is 0. The van der Waals surface area contributed by atoms with Crippen molar-refractivity contribution in [1.82, 2.24) is 25.1 Å². The van der Waals surface area contributed by atoms with Crippen molar-refractivity contribution in [1.29, 1.82) is 5.26 Å². The summed E-state index contributed by atoms with van der Waals surface area (Å²) in [6.07, 6.45) is 6.21. The van der Waals surface area contributed by atoms with Gasteiger partial charge in [0.25, 0.3) is 0 Å². The van der Waals surface area contributed by atoms with Crippen molar-refractivity contribution in [2.45, 2.75) is 63.3 Å². The van der Waals surface area contributed by atoms with E-state index >= 15 is 0 Å². The van der Waals surface area contributed by atoms with Crippen molar-refractivity contribution in [3.8, 4) is 6.07 Å². The molecule has 0 unspecified atom stereocenters. The monoisotopic (exact) mass is 466 g/mol. The number of aliphatic hydroxyl groups is 1. The highest BCUT2D eigenvalue weighted by Gasteiger charge is 2.38. The smallest absolute Gasteiger partial charge is 0.225 e. The first kappa shape index (κ1) is 21.9. The van der Waals surface area contributed by atoms with Crippen LogP contribution in [-0.4, -0.2) is 54.8 Å². The molecule has 172 valence electrons. The average Bonchev–Trinajstić information content (AvgIpc) is 3.25. The summed E-state index contributed by atoms with van der Waals surface area (Å²) < 4.78 is 0. The van der Waals surface area contributed by atoms with E-state index in [2.05, 4.69) is 31.8 Å². The van der Waals surface area contributed by atoms with E-state index in [0.717, 1.165) is 30.3 Å². The number of fused-ring (bicyclic) bond motifs is 3. The van der Waals surface area contributed by atoms with Gasteiger partial charge in [-0.15, -0.1) is 0 Å². The Morgan fingerprint density at radius 3 is 2.76 bits per heavy atom. The van der Waals surface area contributed by atoms with E-state index in [4.69, 9.17) is 26.8 Å². The van der Waals surface area contributed by atoms with E-state index in [9.17, 15) is 5.11 Å². The van der Waals surface area contributed by atoms with Crippen LogP contribution in [0.1, 0.15) is 44.2 Å². The Balaban J connectivity index is 1.39. The molecule has 2 saturated heterocycles. The molecule has 9 nitrogen and oxygen atoms in total. The fourth-order valence-electron chi connectivity index (χ4n) is 5.21. The molecule has 0 radical (unpaired) electrons. The molecular formula is C23H27ClN8O. The summed E-state index contributed by atoms with van der Waals surface area (Å²) in [5.74, 6) is 1.75. The number of nitrogens with one attached hydrogen (secondary N) is 3. The number of nitrogens with zero attached hydrogens (tertiary/aromatic N) is 5.